The minimum atomic E-state index is -0.901. The molecule has 0 aliphatic rings. The first-order valence-electron chi connectivity index (χ1n) is 5.05. The quantitative estimate of drug-likeness (QED) is 0.822. The van der Waals surface area contributed by atoms with Gasteiger partial charge in [0.15, 0.2) is 0 Å². The Kier molecular flexibility index (Phi) is 3.62. The summed E-state index contributed by atoms with van der Waals surface area (Å²) in [4.78, 5) is 14.8. The Morgan fingerprint density at radius 2 is 2.39 bits per heavy atom. The maximum absolute atomic E-state index is 10.6. The Bertz CT molecular complexity index is 537. The Morgan fingerprint density at radius 3 is 3.00 bits per heavy atom. The van der Waals surface area contributed by atoms with Gasteiger partial charge in [0, 0.05) is 11.6 Å². The van der Waals surface area contributed by atoms with Gasteiger partial charge in [-0.25, -0.2) is 9.67 Å². The van der Waals surface area contributed by atoms with Gasteiger partial charge in [-0.2, -0.15) is 0 Å². The summed E-state index contributed by atoms with van der Waals surface area (Å²) in [5.74, 6) is -0.976. The molecule has 0 aliphatic heterocycles. The number of hydrogen-bond acceptors (Lipinski definition) is 7. The van der Waals surface area contributed by atoms with E-state index in [0.29, 0.717) is 5.16 Å². The number of thiazole rings is 1. The second kappa shape index (κ2) is 5.02. The number of carbonyl (C=O) groups is 1. The molecule has 0 spiro atoms. The van der Waals surface area contributed by atoms with Crippen LogP contribution in [0, 0.1) is 0 Å². The molecule has 2 aromatic heterocycles. The van der Waals surface area contributed by atoms with E-state index in [1.807, 2.05) is 19.2 Å². The van der Waals surface area contributed by atoms with Gasteiger partial charge in [-0.05, 0) is 24.3 Å². The molecule has 9 heteroatoms. The van der Waals surface area contributed by atoms with E-state index in [2.05, 4.69) is 20.5 Å². The summed E-state index contributed by atoms with van der Waals surface area (Å²) in [6.45, 7) is 3.88. The van der Waals surface area contributed by atoms with Crippen molar-refractivity contribution in [3.05, 3.63) is 16.6 Å². The number of aromatic nitrogens is 5. The molecule has 0 bridgehead atoms. The molecule has 0 unspecified atom stereocenters. The van der Waals surface area contributed by atoms with Crippen molar-refractivity contribution in [2.45, 2.75) is 24.5 Å². The zero-order valence-corrected chi connectivity index (χ0v) is 11.4. The standard InChI is InChI=1S/C9H11N5O2S2/c1-9(2,7-10-3-4-17-7)14-8(11-12-13-14)18-5-6(15)16/h3-4H,5H2,1-2H3,(H,15,16). The molecule has 0 atom stereocenters. The third-order valence-electron chi connectivity index (χ3n) is 2.25. The molecule has 0 saturated carbocycles. The van der Waals surface area contributed by atoms with Crippen molar-refractivity contribution in [1.29, 1.82) is 0 Å². The summed E-state index contributed by atoms with van der Waals surface area (Å²) in [5.41, 5.74) is -0.501. The van der Waals surface area contributed by atoms with Crippen LogP contribution in [-0.4, -0.2) is 42.0 Å². The smallest absolute Gasteiger partial charge is 0.313 e. The molecule has 0 fully saturated rings. The first kappa shape index (κ1) is 13.0. The number of nitrogens with zero attached hydrogens (tertiary/aromatic N) is 5. The predicted molar refractivity (Wildman–Crippen MR) is 66.7 cm³/mol. The fourth-order valence-corrected chi connectivity index (χ4v) is 2.84. The molecule has 96 valence electrons. The number of aliphatic carboxylic acids is 1. The zero-order chi connectivity index (χ0) is 13.2. The number of carboxylic acid groups (broad SMARTS) is 1. The largest absolute Gasteiger partial charge is 0.481 e. The highest BCUT2D eigenvalue weighted by molar-refractivity contribution is 7.99. The Hall–Kier alpha value is -1.48. The van der Waals surface area contributed by atoms with Gasteiger partial charge in [0.25, 0.3) is 0 Å². The summed E-state index contributed by atoms with van der Waals surface area (Å²) >= 11 is 2.60. The van der Waals surface area contributed by atoms with Crippen LogP contribution in [0.25, 0.3) is 0 Å². The molecule has 0 aliphatic carbocycles. The van der Waals surface area contributed by atoms with Gasteiger partial charge in [-0.1, -0.05) is 11.8 Å². The van der Waals surface area contributed by atoms with Gasteiger partial charge < -0.3 is 5.11 Å². The normalized spacial score (nSPS) is 11.7. The number of thioether (sulfide) groups is 1. The van der Waals surface area contributed by atoms with E-state index >= 15 is 0 Å². The monoisotopic (exact) mass is 285 g/mol. The average molecular weight is 285 g/mol. The first-order valence-corrected chi connectivity index (χ1v) is 6.92. The second-order valence-electron chi connectivity index (χ2n) is 3.95. The van der Waals surface area contributed by atoms with Crippen molar-refractivity contribution in [3.63, 3.8) is 0 Å². The highest BCUT2D eigenvalue weighted by Gasteiger charge is 2.30. The van der Waals surface area contributed by atoms with Crippen molar-refractivity contribution in [2.24, 2.45) is 0 Å². The molecule has 7 nitrogen and oxygen atoms in total. The Balaban J connectivity index is 2.28. The van der Waals surface area contributed by atoms with Crippen LogP contribution in [0.3, 0.4) is 0 Å². The summed E-state index contributed by atoms with van der Waals surface area (Å²) < 4.78 is 1.60. The van der Waals surface area contributed by atoms with Crippen LogP contribution in [0.15, 0.2) is 16.7 Å². The average Bonchev–Trinajstić information content (AvgIpc) is 2.97. The van der Waals surface area contributed by atoms with E-state index in [-0.39, 0.29) is 5.75 Å². The highest BCUT2D eigenvalue weighted by Crippen LogP contribution is 2.29. The molecule has 2 aromatic rings. The summed E-state index contributed by atoms with van der Waals surface area (Å²) in [7, 11) is 0. The lowest BCUT2D eigenvalue weighted by Crippen LogP contribution is -2.29. The SMILES string of the molecule is CC(C)(c1nccs1)n1nnnc1SCC(=O)O. The lowest BCUT2D eigenvalue weighted by molar-refractivity contribution is -0.133. The van der Waals surface area contributed by atoms with Crippen LogP contribution in [0.1, 0.15) is 18.9 Å². The molecular formula is C9H11N5O2S2. The minimum absolute atomic E-state index is 0.0751. The van der Waals surface area contributed by atoms with Crippen LogP contribution in [0.4, 0.5) is 0 Å². The van der Waals surface area contributed by atoms with Crippen LogP contribution in [0.2, 0.25) is 0 Å². The van der Waals surface area contributed by atoms with Crippen LogP contribution in [-0.2, 0) is 10.3 Å². The van der Waals surface area contributed by atoms with Crippen molar-refractivity contribution in [2.75, 3.05) is 5.75 Å². The summed E-state index contributed by atoms with van der Waals surface area (Å²) in [5, 5.41) is 23.3. The molecule has 0 saturated heterocycles. The van der Waals surface area contributed by atoms with Gasteiger partial charge in [0.1, 0.15) is 10.5 Å². The van der Waals surface area contributed by atoms with Gasteiger partial charge in [0.2, 0.25) is 5.16 Å². The number of tetrazole rings is 1. The Morgan fingerprint density at radius 1 is 1.61 bits per heavy atom. The summed E-state index contributed by atoms with van der Waals surface area (Å²) in [6, 6.07) is 0. The number of rotatable bonds is 5. The van der Waals surface area contributed by atoms with Crippen molar-refractivity contribution >= 4 is 29.1 Å². The maximum atomic E-state index is 10.6. The molecule has 2 heterocycles. The third kappa shape index (κ3) is 2.51. The second-order valence-corrected chi connectivity index (χ2v) is 5.79. The van der Waals surface area contributed by atoms with Gasteiger partial charge in [-0.15, -0.1) is 16.4 Å². The lowest BCUT2D eigenvalue weighted by Gasteiger charge is -2.22. The molecule has 0 amide bonds. The van der Waals surface area contributed by atoms with Gasteiger partial charge in [-0.3, -0.25) is 4.79 Å². The van der Waals surface area contributed by atoms with Crippen molar-refractivity contribution in [1.82, 2.24) is 25.2 Å². The number of carboxylic acids is 1. The predicted octanol–water partition coefficient (Wildman–Crippen LogP) is 1.09. The maximum Gasteiger partial charge on any atom is 0.313 e. The molecule has 2 rings (SSSR count). The van der Waals surface area contributed by atoms with E-state index in [1.54, 1.807) is 10.9 Å². The third-order valence-corrected chi connectivity index (χ3v) is 4.24. The topological polar surface area (TPSA) is 93.8 Å². The fraction of sp³-hybridized carbons (Fsp3) is 0.444. The van der Waals surface area contributed by atoms with Crippen LogP contribution in [0.5, 0.6) is 0 Å². The number of hydrogen-bond donors (Lipinski definition) is 1. The van der Waals surface area contributed by atoms with E-state index in [1.165, 1.54) is 11.3 Å². The highest BCUT2D eigenvalue weighted by atomic mass is 32.2. The van der Waals surface area contributed by atoms with E-state index < -0.39 is 11.5 Å². The van der Waals surface area contributed by atoms with E-state index in [9.17, 15) is 4.79 Å². The zero-order valence-electron chi connectivity index (χ0n) is 9.77. The molecule has 18 heavy (non-hydrogen) atoms. The van der Waals surface area contributed by atoms with Crippen LogP contribution >= 0.6 is 23.1 Å². The Labute approximate surface area is 111 Å². The minimum Gasteiger partial charge on any atom is -0.481 e. The molecule has 0 aromatic carbocycles. The van der Waals surface area contributed by atoms with Gasteiger partial charge >= 0.3 is 5.97 Å². The van der Waals surface area contributed by atoms with Crippen LogP contribution < -0.4 is 0 Å². The van der Waals surface area contributed by atoms with E-state index in [0.717, 1.165) is 16.8 Å². The molecule has 1 N–H and O–H groups in total. The first-order chi connectivity index (χ1) is 8.51. The van der Waals surface area contributed by atoms with Crippen molar-refractivity contribution in [3.8, 4) is 0 Å². The molecule has 0 radical (unpaired) electrons. The molecular weight excluding hydrogens is 274 g/mol. The summed E-state index contributed by atoms with van der Waals surface area (Å²) in [6.07, 6.45) is 1.72. The van der Waals surface area contributed by atoms with Gasteiger partial charge in [0.05, 0.1) is 5.75 Å². The lowest BCUT2D eigenvalue weighted by atomic mass is 10.1. The van der Waals surface area contributed by atoms with Crippen molar-refractivity contribution < 1.29 is 9.90 Å². The van der Waals surface area contributed by atoms with E-state index in [4.69, 9.17) is 5.11 Å². The fourth-order valence-electron chi connectivity index (χ4n) is 1.36.